The molecule has 0 spiro atoms. The van der Waals surface area contributed by atoms with Gasteiger partial charge in [-0.2, -0.15) is 0 Å². The molecule has 8 heteroatoms. The van der Waals surface area contributed by atoms with Crippen molar-refractivity contribution in [2.24, 2.45) is 0 Å². The summed E-state index contributed by atoms with van der Waals surface area (Å²) in [7, 11) is 0. The molecule has 0 bridgehead atoms. The van der Waals surface area contributed by atoms with Gasteiger partial charge in [0.25, 0.3) is 23.6 Å². The Kier molecular flexibility index (Phi) is 30.2. The number of imide groups is 2. The highest BCUT2D eigenvalue weighted by atomic mass is 16.2. The van der Waals surface area contributed by atoms with E-state index in [2.05, 4.69) is 268 Å². The lowest BCUT2D eigenvalue weighted by Crippen LogP contribution is -2.44. The van der Waals surface area contributed by atoms with Crippen LogP contribution in [0.25, 0.3) is 20.5 Å². The van der Waals surface area contributed by atoms with Crippen LogP contribution in [-0.4, -0.2) is 23.6 Å². The summed E-state index contributed by atoms with van der Waals surface area (Å²) in [6.07, 6.45) is 21.2. The Hall–Kier alpha value is -10.5. The number of carbonyl (C=O) groups is 4. The lowest BCUT2D eigenvalue weighted by atomic mass is 9.83. The molecule has 0 unspecified atom stereocenters. The van der Waals surface area contributed by atoms with E-state index >= 15 is 19.2 Å². The van der Waals surface area contributed by atoms with E-state index in [1.807, 2.05) is 0 Å². The molecule has 0 N–H and O–H groups in total. The average Bonchev–Trinajstić information content (AvgIpc) is 0.700. The van der Waals surface area contributed by atoms with Crippen LogP contribution in [0.2, 0.25) is 0 Å². The number of unbranched alkanes of at least 4 members (excludes halogenated alkanes) is 12. The Labute approximate surface area is 696 Å². The van der Waals surface area contributed by atoms with Gasteiger partial charge in [-0.1, -0.05) is 287 Å². The quantitative estimate of drug-likeness (QED) is 0.0194. The summed E-state index contributed by atoms with van der Waals surface area (Å²) < 4.78 is 0. The first kappa shape index (κ1) is 87.9. The molecule has 0 saturated heterocycles. The third kappa shape index (κ3) is 19.6. The molecular formula is C108H124N4O4. The fourth-order valence-electron chi connectivity index (χ4n) is 16.8. The van der Waals surface area contributed by atoms with Gasteiger partial charge in [0.15, 0.2) is 11.4 Å². The van der Waals surface area contributed by atoms with Crippen LogP contribution in [0.4, 0.5) is 22.7 Å². The molecule has 0 aliphatic carbocycles. The molecule has 4 amide bonds. The largest absolute Gasteiger partial charge is 0.268 e. The summed E-state index contributed by atoms with van der Waals surface area (Å²) in [5.41, 5.74) is 23.1. The van der Waals surface area contributed by atoms with Gasteiger partial charge in [0.05, 0.1) is 24.5 Å². The molecule has 0 saturated carbocycles. The van der Waals surface area contributed by atoms with Crippen molar-refractivity contribution in [3.05, 3.63) is 253 Å². The Balaban J connectivity index is 1.02. The molecule has 8 aromatic carbocycles. The van der Waals surface area contributed by atoms with E-state index in [0.717, 1.165) is 229 Å². The molecule has 2 aliphatic heterocycles. The van der Waals surface area contributed by atoms with Crippen molar-refractivity contribution < 1.29 is 19.2 Å². The highest BCUT2D eigenvalue weighted by Gasteiger charge is 2.44. The number of hydrogen-bond acceptors (Lipinski definition) is 4. The van der Waals surface area contributed by atoms with E-state index in [4.69, 9.17) is 13.1 Å². The lowest BCUT2D eigenvalue weighted by Gasteiger charge is -2.35. The summed E-state index contributed by atoms with van der Waals surface area (Å²) in [6.45, 7) is 59.0. The Morgan fingerprint density at radius 3 is 0.655 bits per heavy atom. The third-order valence-corrected chi connectivity index (χ3v) is 23.4. The molecule has 2 aliphatic rings. The third-order valence-electron chi connectivity index (χ3n) is 23.4. The van der Waals surface area contributed by atoms with Gasteiger partial charge < -0.3 is 0 Å². The van der Waals surface area contributed by atoms with Crippen LogP contribution >= 0.6 is 0 Å². The van der Waals surface area contributed by atoms with Crippen molar-refractivity contribution in [1.29, 1.82) is 0 Å². The Morgan fingerprint density at radius 2 is 0.474 bits per heavy atom. The molecule has 8 aromatic rings. The molecule has 0 aromatic heterocycles. The van der Waals surface area contributed by atoms with Gasteiger partial charge in [0, 0.05) is 77.5 Å². The number of amides is 4. The van der Waals surface area contributed by atoms with Crippen molar-refractivity contribution in [3.8, 4) is 47.4 Å². The summed E-state index contributed by atoms with van der Waals surface area (Å²) in [5, 5.41) is 0.631. The van der Waals surface area contributed by atoms with Crippen LogP contribution in [0.1, 0.15) is 441 Å². The van der Waals surface area contributed by atoms with Gasteiger partial charge in [-0.15, -0.1) is 0 Å². The molecule has 0 fully saturated rings. The molecule has 600 valence electrons. The second-order valence-electron chi connectivity index (χ2n) is 35.0. The topological polar surface area (TPSA) is 83.5 Å². The van der Waals surface area contributed by atoms with E-state index in [9.17, 15) is 0 Å². The molecule has 0 radical (unpaired) electrons. The van der Waals surface area contributed by atoms with Crippen LogP contribution < -0.4 is 9.80 Å². The second kappa shape index (κ2) is 39.9. The van der Waals surface area contributed by atoms with Crippen LogP contribution in [0, 0.1) is 60.5 Å². The molecule has 2 heterocycles. The van der Waals surface area contributed by atoms with Gasteiger partial charge in [-0.25, -0.2) is 19.5 Å². The molecule has 0 atom stereocenters. The number of hydrogen-bond donors (Lipinski definition) is 0. The lowest BCUT2D eigenvalue weighted by molar-refractivity contribution is 0.0872. The SMILES string of the molecule is [C-]#[N+]c1c(C(C)C)cc(C#Cc2cc(CCCCCC)c(C#Cc3cc(C(C)C)c(N4C(=O)c5ccc6c7c(ccc(c57)C4=O)C(=O)N(c4c(C(C)C)cc(C#Cc5cc(CCCCCC)c(C#Cc7cc(C(C)C)c([N+]#[C-])c(C(C)C)c7)cc5CCCCCC)cc4C(C)C)C6=O)c(C(C)C)c3)cc2CCCCCC)cc1C(C)C. The number of nitrogens with zero attached hydrogens (tertiary/aromatic N) is 4. The van der Waals surface area contributed by atoms with Crippen molar-refractivity contribution in [1.82, 2.24) is 0 Å². The van der Waals surface area contributed by atoms with E-state index in [-0.39, 0.29) is 69.6 Å². The molecular weight excluding hydrogens is 1420 g/mol. The zero-order valence-electron chi connectivity index (χ0n) is 73.4. The minimum atomic E-state index is -0.516. The fourth-order valence-corrected chi connectivity index (χ4v) is 16.8. The number of carbonyl (C=O) groups excluding carboxylic acids is 4. The highest BCUT2D eigenvalue weighted by molar-refractivity contribution is 6.42. The zero-order valence-corrected chi connectivity index (χ0v) is 73.4. The van der Waals surface area contributed by atoms with Gasteiger partial charge in [0.2, 0.25) is 0 Å². The summed E-state index contributed by atoms with van der Waals surface area (Å²) >= 11 is 0. The van der Waals surface area contributed by atoms with Crippen molar-refractivity contribution in [2.75, 3.05) is 9.80 Å². The van der Waals surface area contributed by atoms with Crippen LogP contribution in [0.5, 0.6) is 0 Å². The summed E-state index contributed by atoms with van der Waals surface area (Å²) in [6, 6.07) is 32.6. The van der Waals surface area contributed by atoms with E-state index < -0.39 is 23.6 Å². The molecule has 8 nitrogen and oxygen atoms in total. The van der Waals surface area contributed by atoms with Crippen molar-refractivity contribution >= 4 is 57.2 Å². The average molecular weight is 1540 g/mol. The van der Waals surface area contributed by atoms with Gasteiger partial charge >= 0.3 is 0 Å². The number of aryl methyl sites for hydroxylation is 4. The predicted octanol–water partition coefficient (Wildman–Crippen LogP) is 28.6. The van der Waals surface area contributed by atoms with Crippen molar-refractivity contribution in [3.63, 3.8) is 0 Å². The normalized spacial score (nSPS) is 12.5. The first-order chi connectivity index (χ1) is 55.6. The number of rotatable bonds is 30. The summed E-state index contributed by atoms with van der Waals surface area (Å²) in [5.74, 6) is 27.3. The summed E-state index contributed by atoms with van der Waals surface area (Å²) in [4.78, 5) is 73.5. The number of anilines is 2. The Bertz CT molecular complexity index is 4910. The fraction of sp³-hybridized carbons (Fsp3) is 0.444. The first-order valence-corrected chi connectivity index (χ1v) is 43.8. The predicted molar refractivity (Wildman–Crippen MR) is 485 cm³/mol. The van der Waals surface area contributed by atoms with Crippen molar-refractivity contribution in [2.45, 2.75) is 314 Å². The van der Waals surface area contributed by atoms with E-state index in [0.29, 0.717) is 22.1 Å². The van der Waals surface area contributed by atoms with Gasteiger partial charge in [-0.05, 0) is 238 Å². The zero-order chi connectivity index (χ0) is 83.9. The second-order valence-corrected chi connectivity index (χ2v) is 35.0. The minimum Gasteiger partial charge on any atom is -0.268 e. The monoisotopic (exact) mass is 1540 g/mol. The van der Waals surface area contributed by atoms with Crippen LogP contribution in [0.15, 0.2) is 97.1 Å². The van der Waals surface area contributed by atoms with Gasteiger partial charge in [0.1, 0.15) is 0 Å². The Morgan fingerprint density at radius 1 is 0.276 bits per heavy atom. The number of benzene rings is 8. The standard InChI is InChI=1S/C108H124N4O4/c1-23-27-31-35-39-79-65-85(81(41-37-33-29-25-3)63-83(79)47-43-75-55-91(67(5)6)101(109-21)92(56-75)68(7)8)49-45-77-59-95(71(13)14)103(96(60-77)72(15)16)111-105(113)87-51-53-89-100-90(54-52-88(99(87)100)106(111)114)108(116)112(107(89)115)104-97(73(17)18)61-78(62-98(104)74(19)20)46-50-86-66-80(40-36-32-28-24-2)84(64-82(86)42-38-34-30-26-4)48-44-76-57-93(69(9)10)102(110-22)94(58-76)70(11)12/h51-74H,23-42H2,1-20H3. The van der Waals surface area contributed by atoms with Crippen LogP contribution in [0.3, 0.4) is 0 Å². The maximum absolute atomic E-state index is 15.7. The smallest absolute Gasteiger partial charge is 0.266 e. The van der Waals surface area contributed by atoms with E-state index in [1.54, 1.807) is 24.3 Å². The van der Waals surface area contributed by atoms with E-state index in [1.165, 1.54) is 32.1 Å². The molecule has 116 heavy (non-hydrogen) atoms. The maximum Gasteiger partial charge on any atom is 0.266 e. The maximum atomic E-state index is 15.7. The first-order valence-electron chi connectivity index (χ1n) is 43.8. The van der Waals surface area contributed by atoms with Gasteiger partial charge in [-0.3, -0.25) is 19.2 Å². The minimum absolute atomic E-state index is 0.136. The molecule has 10 rings (SSSR count). The van der Waals surface area contributed by atoms with Crippen LogP contribution in [-0.2, 0) is 25.7 Å². The highest BCUT2D eigenvalue weighted by Crippen LogP contribution is 2.47.